The first-order valence-corrected chi connectivity index (χ1v) is 10.3. The van der Waals surface area contributed by atoms with Crippen molar-refractivity contribution in [3.05, 3.63) is 73.2 Å². The average Bonchev–Trinajstić information content (AvgIpc) is 3.17. The molecule has 38 heavy (non-hydrogen) atoms. The van der Waals surface area contributed by atoms with Crippen LogP contribution in [0.15, 0.2) is 34.9 Å². The van der Waals surface area contributed by atoms with Gasteiger partial charge in [0.25, 0.3) is 0 Å². The zero-order valence-corrected chi connectivity index (χ0v) is 18.1. The highest BCUT2D eigenvalue weighted by Gasteiger charge is 2.45. The summed E-state index contributed by atoms with van der Waals surface area (Å²) in [5, 5.41) is 25.3. The van der Waals surface area contributed by atoms with Gasteiger partial charge in [0.2, 0.25) is 0 Å². The molecule has 0 bridgehead atoms. The third kappa shape index (κ3) is 3.07. The monoisotopic (exact) mass is 537 g/mol. The fraction of sp³-hybridized carbons (Fsp3) is 0.160. The molecule has 0 fully saturated rings. The number of benzene rings is 2. The van der Waals surface area contributed by atoms with Crippen LogP contribution < -0.4 is 10.4 Å². The van der Waals surface area contributed by atoms with Gasteiger partial charge in [0.1, 0.15) is 12.1 Å². The molecular formula is C25H5F10N3. The van der Waals surface area contributed by atoms with Crippen molar-refractivity contribution in [2.24, 2.45) is 0 Å². The SMILES string of the molecule is N#CC1=C(C(F)(F)F)CC2=c3cc(C(F)(F)F)c(C#N)c4c5c(c(C#N)c(c34)C2=C1)C(F)C(F)=C(F)C=5F. The normalized spacial score (nSPS) is 18.7. The van der Waals surface area contributed by atoms with Crippen LogP contribution in [0.5, 0.6) is 0 Å². The lowest BCUT2D eigenvalue weighted by Crippen LogP contribution is -2.27. The van der Waals surface area contributed by atoms with Crippen LogP contribution in [0.4, 0.5) is 43.9 Å². The van der Waals surface area contributed by atoms with E-state index < -0.39 is 108 Å². The van der Waals surface area contributed by atoms with E-state index in [1.165, 1.54) is 18.2 Å². The molecule has 0 aromatic heterocycles. The highest BCUT2D eigenvalue weighted by atomic mass is 19.4. The maximum absolute atomic E-state index is 15.1. The Morgan fingerprint density at radius 1 is 0.816 bits per heavy atom. The van der Waals surface area contributed by atoms with E-state index in [0.717, 1.165) is 0 Å². The Labute approximate surface area is 204 Å². The summed E-state index contributed by atoms with van der Waals surface area (Å²) in [6, 6.07) is 4.32. The van der Waals surface area contributed by atoms with E-state index in [2.05, 4.69) is 0 Å². The van der Waals surface area contributed by atoms with Crippen LogP contribution >= 0.6 is 0 Å². The summed E-state index contributed by atoms with van der Waals surface area (Å²) in [4.78, 5) is 0. The fourth-order valence-corrected chi connectivity index (χ4v) is 5.11. The predicted molar refractivity (Wildman–Crippen MR) is 110 cm³/mol. The molecule has 0 spiro atoms. The maximum Gasteiger partial charge on any atom is 0.417 e. The molecule has 2 aromatic carbocycles. The standard InChI is InChI=1S/C25H5F10N3/c26-20-18-12(6-38)15-9-1-7(4-36)13(24(30,31)32)2-8(9)10-3-14(25(33,34)35)11(5-37)17(16(10)15)19(18)21(27)23(29)22(20)28/h1,3,20H,2H2. The van der Waals surface area contributed by atoms with Gasteiger partial charge in [0, 0.05) is 33.5 Å². The molecule has 3 aliphatic carbocycles. The zero-order valence-electron chi connectivity index (χ0n) is 18.1. The van der Waals surface area contributed by atoms with E-state index in [1.54, 1.807) is 0 Å². The molecule has 0 aliphatic heterocycles. The molecule has 0 saturated carbocycles. The summed E-state index contributed by atoms with van der Waals surface area (Å²) in [6.45, 7) is 0. The third-order valence-corrected chi connectivity index (χ3v) is 6.59. The molecule has 0 amide bonds. The van der Waals surface area contributed by atoms with Crippen molar-refractivity contribution in [3.8, 4) is 18.2 Å². The Morgan fingerprint density at radius 2 is 1.45 bits per heavy atom. The van der Waals surface area contributed by atoms with E-state index in [-0.39, 0.29) is 5.57 Å². The van der Waals surface area contributed by atoms with Crippen molar-refractivity contribution >= 4 is 27.7 Å². The molecule has 0 saturated heterocycles. The first-order valence-electron chi connectivity index (χ1n) is 10.3. The molecule has 3 nitrogen and oxygen atoms in total. The van der Waals surface area contributed by atoms with Crippen LogP contribution in [0.25, 0.3) is 27.7 Å². The van der Waals surface area contributed by atoms with Crippen LogP contribution in [-0.2, 0) is 6.18 Å². The van der Waals surface area contributed by atoms with Crippen molar-refractivity contribution in [1.82, 2.24) is 0 Å². The summed E-state index contributed by atoms with van der Waals surface area (Å²) in [5.41, 5.74) is -8.97. The Morgan fingerprint density at radius 3 is 1.97 bits per heavy atom. The van der Waals surface area contributed by atoms with E-state index >= 15 is 8.78 Å². The topological polar surface area (TPSA) is 71.4 Å². The minimum absolute atomic E-state index is 0.333. The molecule has 0 heterocycles. The number of allylic oxidation sites excluding steroid dienone is 6. The number of nitrogens with zero attached hydrogens (tertiary/aromatic N) is 3. The number of hydrogen-bond acceptors (Lipinski definition) is 3. The molecule has 190 valence electrons. The van der Waals surface area contributed by atoms with Gasteiger partial charge in [-0.05, 0) is 28.5 Å². The Kier molecular flexibility index (Phi) is 5.10. The maximum atomic E-state index is 15.1. The second-order valence-corrected chi connectivity index (χ2v) is 8.41. The molecule has 1 unspecified atom stereocenters. The first kappa shape index (κ1) is 25.1. The van der Waals surface area contributed by atoms with Crippen molar-refractivity contribution in [2.45, 2.75) is 24.9 Å². The van der Waals surface area contributed by atoms with Gasteiger partial charge >= 0.3 is 12.4 Å². The first-order chi connectivity index (χ1) is 17.7. The average molecular weight is 537 g/mol. The van der Waals surface area contributed by atoms with Gasteiger partial charge in [-0.3, -0.25) is 0 Å². The third-order valence-electron chi connectivity index (χ3n) is 6.59. The molecular weight excluding hydrogens is 532 g/mol. The van der Waals surface area contributed by atoms with Crippen molar-refractivity contribution in [3.63, 3.8) is 0 Å². The van der Waals surface area contributed by atoms with Gasteiger partial charge in [-0.15, -0.1) is 0 Å². The van der Waals surface area contributed by atoms with E-state index in [0.29, 0.717) is 12.1 Å². The second kappa shape index (κ2) is 7.72. The lowest BCUT2D eigenvalue weighted by atomic mass is 9.82. The predicted octanol–water partition coefficient (Wildman–Crippen LogP) is 6.19. The van der Waals surface area contributed by atoms with Crippen LogP contribution in [0.2, 0.25) is 0 Å². The van der Waals surface area contributed by atoms with Gasteiger partial charge in [-0.25, -0.2) is 17.6 Å². The Hall–Kier alpha value is -4.57. The van der Waals surface area contributed by atoms with E-state index in [4.69, 9.17) is 0 Å². The van der Waals surface area contributed by atoms with Gasteiger partial charge in [-0.1, -0.05) is 0 Å². The van der Waals surface area contributed by atoms with Crippen LogP contribution in [-0.4, -0.2) is 6.18 Å². The largest absolute Gasteiger partial charge is 0.417 e. The molecule has 13 heteroatoms. The quantitative estimate of drug-likeness (QED) is 0.377. The minimum Gasteiger partial charge on any atom is -0.234 e. The van der Waals surface area contributed by atoms with Crippen molar-refractivity contribution in [1.29, 1.82) is 15.8 Å². The number of nitriles is 3. The van der Waals surface area contributed by atoms with Crippen LogP contribution in [0, 0.1) is 34.0 Å². The highest BCUT2D eigenvalue weighted by molar-refractivity contribution is 6.18. The second-order valence-electron chi connectivity index (χ2n) is 8.41. The molecule has 1 atom stereocenters. The van der Waals surface area contributed by atoms with Gasteiger partial charge in [0.15, 0.2) is 23.7 Å². The summed E-state index contributed by atoms with van der Waals surface area (Å²) in [6.07, 6.45) is -14.2. The number of alkyl halides is 7. The van der Waals surface area contributed by atoms with Crippen molar-refractivity contribution < 1.29 is 43.9 Å². The summed E-state index contributed by atoms with van der Waals surface area (Å²) >= 11 is 0. The molecule has 3 aliphatic rings. The summed E-state index contributed by atoms with van der Waals surface area (Å²) in [5.74, 6) is -6.90. The fourth-order valence-electron chi connectivity index (χ4n) is 5.11. The number of rotatable bonds is 0. The summed E-state index contributed by atoms with van der Waals surface area (Å²) < 4.78 is 142. The molecule has 5 rings (SSSR count). The highest BCUT2D eigenvalue weighted by Crippen LogP contribution is 2.50. The van der Waals surface area contributed by atoms with Gasteiger partial charge < -0.3 is 0 Å². The van der Waals surface area contributed by atoms with Crippen LogP contribution in [0.3, 0.4) is 0 Å². The molecule has 0 N–H and O–H groups in total. The minimum atomic E-state index is -5.35. The Bertz CT molecular complexity index is 1880. The summed E-state index contributed by atoms with van der Waals surface area (Å²) in [7, 11) is 0. The smallest absolute Gasteiger partial charge is 0.234 e. The molecule has 2 aromatic rings. The number of halogens is 10. The molecule has 0 radical (unpaired) electrons. The zero-order chi connectivity index (χ0) is 28.1. The number of fused-ring (bicyclic) bond motifs is 4. The van der Waals surface area contributed by atoms with Crippen LogP contribution in [0.1, 0.15) is 40.4 Å². The Balaban J connectivity index is 2.18. The lowest BCUT2D eigenvalue weighted by molar-refractivity contribution is -0.137. The van der Waals surface area contributed by atoms with E-state index in [1.807, 2.05) is 0 Å². The van der Waals surface area contributed by atoms with Gasteiger partial charge in [0.05, 0.1) is 33.9 Å². The number of hydrogen-bond donors (Lipinski definition) is 0. The van der Waals surface area contributed by atoms with Gasteiger partial charge in [-0.2, -0.15) is 42.1 Å². The van der Waals surface area contributed by atoms with Crippen molar-refractivity contribution in [2.75, 3.05) is 0 Å². The van der Waals surface area contributed by atoms with E-state index in [9.17, 15) is 50.9 Å². The lowest BCUT2D eigenvalue weighted by Gasteiger charge is -2.22.